The number of halogens is 1. The molecule has 0 aromatic heterocycles. The highest BCUT2D eigenvalue weighted by Gasteiger charge is 2.55. The number of carboxylic acids is 1. The summed E-state index contributed by atoms with van der Waals surface area (Å²) < 4.78 is 25.1. The van der Waals surface area contributed by atoms with Gasteiger partial charge in [0, 0.05) is 0 Å². The fraction of sp³-hybridized carbons (Fsp3) is 0.750. The van der Waals surface area contributed by atoms with Gasteiger partial charge in [0.05, 0.1) is 16.6 Å². The molecule has 2 fully saturated rings. The van der Waals surface area contributed by atoms with Crippen molar-refractivity contribution in [2.24, 2.45) is 5.41 Å². The van der Waals surface area contributed by atoms with Gasteiger partial charge in [-0.3, -0.25) is 4.79 Å². The van der Waals surface area contributed by atoms with Crippen LogP contribution in [0.25, 0.3) is 0 Å². The van der Waals surface area contributed by atoms with Crippen molar-refractivity contribution < 1.29 is 23.6 Å². The Morgan fingerprint density at radius 2 is 1.67 bits per heavy atom. The van der Waals surface area contributed by atoms with E-state index in [0.717, 1.165) is 6.08 Å². The van der Waals surface area contributed by atoms with Crippen molar-refractivity contribution in [1.29, 1.82) is 0 Å². The van der Waals surface area contributed by atoms with E-state index in [1.54, 1.807) is 0 Å². The lowest BCUT2D eigenvalue weighted by atomic mass is 9.85. The molecular weight excluding hydrogens is 238 g/mol. The second kappa shape index (κ2) is 3.81. The minimum atomic E-state index is -1.10. The summed E-state index contributed by atoms with van der Waals surface area (Å²) in [5.41, 5.74) is -2.94. The Hall–Kier alpha value is -0.875. The van der Waals surface area contributed by atoms with Crippen LogP contribution in [0.3, 0.4) is 0 Å². The highest BCUT2D eigenvalue weighted by molar-refractivity contribution is 6.53. The molecule has 100 valence electrons. The summed E-state index contributed by atoms with van der Waals surface area (Å²) in [7, 11) is -1.10. The highest BCUT2D eigenvalue weighted by atomic mass is 19.1. The van der Waals surface area contributed by atoms with Gasteiger partial charge in [-0.15, -0.1) is 0 Å². The number of aliphatic carboxylic acids is 1. The first kappa shape index (κ1) is 13.6. The molecule has 0 unspecified atom stereocenters. The van der Waals surface area contributed by atoms with Crippen LogP contribution in [0.1, 0.15) is 40.5 Å². The van der Waals surface area contributed by atoms with E-state index in [-0.39, 0.29) is 0 Å². The molecule has 0 atom stereocenters. The lowest BCUT2D eigenvalue weighted by molar-refractivity contribution is -0.141. The average Bonchev–Trinajstić information content (AvgIpc) is 2.92. The lowest BCUT2D eigenvalue weighted by Crippen LogP contribution is -2.41. The summed E-state index contributed by atoms with van der Waals surface area (Å²) in [6.45, 7) is 7.30. The van der Waals surface area contributed by atoms with Crippen molar-refractivity contribution in [1.82, 2.24) is 0 Å². The van der Waals surface area contributed by atoms with Gasteiger partial charge in [0.1, 0.15) is 5.73 Å². The Morgan fingerprint density at radius 1 is 1.22 bits per heavy atom. The molecule has 18 heavy (non-hydrogen) atoms. The summed E-state index contributed by atoms with van der Waals surface area (Å²) >= 11 is 0. The molecule has 1 N–H and O–H groups in total. The van der Waals surface area contributed by atoms with Crippen LogP contribution in [0.5, 0.6) is 0 Å². The van der Waals surface area contributed by atoms with Crippen LogP contribution in [0, 0.1) is 5.41 Å². The van der Waals surface area contributed by atoms with Gasteiger partial charge < -0.3 is 14.4 Å². The molecule has 1 heterocycles. The molecule has 1 saturated carbocycles. The second-order valence-corrected chi connectivity index (χ2v) is 6.08. The molecule has 0 amide bonds. The molecular formula is C12H18BFO4. The zero-order valence-corrected chi connectivity index (χ0v) is 11.1. The highest BCUT2D eigenvalue weighted by Crippen LogP contribution is 2.49. The molecule has 2 aliphatic rings. The third-order valence-electron chi connectivity index (χ3n) is 4.11. The zero-order chi connectivity index (χ0) is 13.8. The SMILES string of the molecule is CC1(C)OB(C(F)=CC2(C(=O)O)CC2)OC1(C)C. The summed E-state index contributed by atoms with van der Waals surface area (Å²) in [6, 6.07) is 0. The van der Waals surface area contributed by atoms with Crippen molar-refractivity contribution in [3.63, 3.8) is 0 Å². The summed E-state index contributed by atoms with van der Waals surface area (Å²) in [5.74, 6) is -0.992. The number of carboxylic acid groups (broad SMARTS) is 1. The standard InChI is InChI=1S/C12H18BFO4/c1-10(2)11(3,4)18-13(17-10)8(14)7-12(5-6-12)9(15)16/h7H,5-6H2,1-4H3,(H,15,16). The van der Waals surface area contributed by atoms with Crippen LogP contribution in [-0.2, 0) is 14.1 Å². The number of rotatable bonds is 3. The second-order valence-electron chi connectivity index (χ2n) is 6.08. The topological polar surface area (TPSA) is 55.8 Å². The van der Waals surface area contributed by atoms with Gasteiger partial charge in [-0.2, -0.15) is 0 Å². The molecule has 1 saturated heterocycles. The molecule has 6 heteroatoms. The van der Waals surface area contributed by atoms with Crippen LogP contribution in [0.2, 0.25) is 0 Å². The average molecular weight is 256 g/mol. The molecule has 4 nitrogen and oxygen atoms in total. The Labute approximate surface area is 106 Å². The van der Waals surface area contributed by atoms with E-state index >= 15 is 0 Å². The van der Waals surface area contributed by atoms with Gasteiger partial charge in [0.25, 0.3) is 0 Å². The van der Waals surface area contributed by atoms with Crippen molar-refractivity contribution in [3.8, 4) is 0 Å². The Bertz CT molecular complexity index is 396. The third kappa shape index (κ3) is 2.08. The van der Waals surface area contributed by atoms with Crippen LogP contribution in [0.15, 0.2) is 11.8 Å². The quantitative estimate of drug-likeness (QED) is 0.787. The monoisotopic (exact) mass is 256 g/mol. The van der Waals surface area contributed by atoms with Gasteiger partial charge in [-0.25, -0.2) is 4.39 Å². The van der Waals surface area contributed by atoms with E-state index in [2.05, 4.69) is 0 Å². The molecule has 1 aliphatic heterocycles. The van der Waals surface area contributed by atoms with E-state index in [0.29, 0.717) is 12.8 Å². The first-order valence-electron chi connectivity index (χ1n) is 6.07. The smallest absolute Gasteiger partial charge is 0.481 e. The van der Waals surface area contributed by atoms with Crippen molar-refractivity contribution >= 4 is 13.1 Å². The Kier molecular flexibility index (Phi) is 2.87. The molecule has 1 aliphatic carbocycles. The Balaban J connectivity index is 2.15. The normalized spacial score (nSPS) is 28.3. The largest absolute Gasteiger partial charge is 0.524 e. The lowest BCUT2D eigenvalue weighted by Gasteiger charge is -2.32. The van der Waals surface area contributed by atoms with Gasteiger partial charge in [0.2, 0.25) is 0 Å². The Morgan fingerprint density at radius 3 is 2.00 bits per heavy atom. The molecule has 2 rings (SSSR count). The van der Waals surface area contributed by atoms with Crippen LogP contribution < -0.4 is 0 Å². The van der Waals surface area contributed by atoms with Gasteiger partial charge >= 0.3 is 13.1 Å². The zero-order valence-electron chi connectivity index (χ0n) is 11.1. The van der Waals surface area contributed by atoms with Crippen LogP contribution >= 0.6 is 0 Å². The first-order valence-corrected chi connectivity index (χ1v) is 6.07. The van der Waals surface area contributed by atoms with E-state index < -0.39 is 35.4 Å². The van der Waals surface area contributed by atoms with Crippen molar-refractivity contribution in [2.75, 3.05) is 0 Å². The molecule has 0 bridgehead atoms. The molecule has 0 aromatic rings. The predicted octanol–water partition coefficient (Wildman–Crippen LogP) is 2.34. The molecule has 0 spiro atoms. The molecule has 0 aromatic carbocycles. The van der Waals surface area contributed by atoms with Gasteiger partial charge in [0.15, 0.2) is 0 Å². The predicted molar refractivity (Wildman–Crippen MR) is 64.6 cm³/mol. The third-order valence-corrected chi connectivity index (χ3v) is 4.11. The minimum Gasteiger partial charge on any atom is -0.481 e. The number of hydrogen-bond acceptors (Lipinski definition) is 3. The number of carbonyl (C=O) groups is 1. The summed E-state index contributed by atoms with van der Waals surface area (Å²) in [6.07, 6.45) is 2.07. The summed E-state index contributed by atoms with van der Waals surface area (Å²) in [4.78, 5) is 11.0. The maximum Gasteiger partial charge on any atom is 0.524 e. The fourth-order valence-corrected chi connectivity index (χ4v) is 1.84. The van der Waals surface area contributed by atoms with E-state index in [1.165, 1.54) is 0 Å². The van der Waals surface area contributed by atoms with Gasteiger partial charge in [-0.05, 0) is 46.6 Å². The van der Waals surface area contributed by atoms with Crippen LogP contribution in [-0.4, -0.2) is 29.4 Å². The first-order chi connectivity index (χ1) is 8.10. The van der Waals surface area contributed by atoms with E-state index in [9.17, 15) is 9.18 Å². The maximum atomic E-state index is 14.0. The molecule has 0 radical (unpaired) electrons. The van der Waals surface area contributed by atoms with Crippen molar-refractivity contribution in [3.05, 3.63) is 11.8 Å². The fourth-order valence-electron chi connectivity index (χ4n) is 1.84. The van der Waals surface area contributed by atoms with E-state index in [1.807, 2.05) is 27.7 Å². The van der Waals surface area contributed by atoms with E-state index in [4.69, 9.17) is 14.4 Å². The van der Waals surface area contributed by atoms with Crippen LogP contribution in [0.4, 0.5) is 4.39 Å². The minimum absolute atomic E-state index is 0.468. The summed E-state index contributed by atoms with van der Waals surface area (Å²) in [5, 5.41) is 9.01. The number of hydrogen-bond donors (Lipinski definition) is 1. The van der Waals surface area contributed by atoms with Crippen molar-refractivity contribution in [2.45, 2.75) is 51.7 Å². The van der Waals surface area contributed by atoms with Gasteiger partial charge in [-0.1, -0.05) is 0 Å². The maximum absolute atomic E-state index is 14.0.